The van der Waals surface area contributed by atoms with Crippen LogP contribution in [0.1, 0.15) is 26.7 Å². The molecule has 0 unspecified atom stereocenters. The Labute approximate surface area is 81.1 Å². The van der Waals surface area contributed by atoms with Crippen molar-refractivity contribution >= 4 is 0 Å². The molecule has 3 heteroatoms. The third kappa shape index (κ3) is 2.66. The summed E-state index contributed by atoms with van der Waals surface area (Å²) in [5, 5.41) is 12.7. The molecule has 3 atom stereocenters. The van der Waals surface area contributed by atoms with E-state index in [9.17, 15) is 5.11 Å². The summed E-state index contributed by atoms with van der Waals surface area (Å²) < 4.78 is 0. The van der Waals surface area contributed by atoms with Gasteiger partial charge in [-0.3, -0.25) is 4.90 Å². The summed E-state index contributed by atoms with van der Waals surface area (Å²) in [5.41, 5.74) is 0. The topological polar surface area (TPSA) is 35.5 Å². The molecule has 0 radical (unpaired) electrons. The van der Waals surface area contributed by atoms with Crippen LogP contribution < -0.4 is 5.32 Å². The number of likely N-dealkylation sites (tertiary alicyclic amines) is 1. The highest BCUT2D eigenvalue weighted by molar-refractivity contribution is 4.90. The molecule has 0 amide bonds. The Bertz CT molecular complexity index is 150. The number of nitrogens with zero attached hydrogens (tertiary/aromatic N) is 1. The highest BCUT2D eigenvalue weighted by Crippen LogP contribution is 2.18. The van der Waals surface area contributed by atoms with E-state index in [-0.39, 0.29) is 6.10 Å². The lowest BCUT2D eigenvalue weighted by molar-refractivity contribution is -0.0561. The van der Waals surface area contributed by atoms with Gasteiger partial charge in [-0.1, -0.05) is 13.3 Å². The van der Waals surface area contributed by atoms with Crippen molar-refractivity contribution in [3.05, 3.63) is 0 Å². The molecule has 1 saturated heterocycles. The van der Waals surface area contributed by atoms with E-state index < -0.39 is 0 Å². The van der Waals surface area contributed by atoms with Gasteiger partial charge in [-0.25, -0.2) is 0 Å². The molecule has 3 nitrogen and oxygen atoms in total. The Hall–Kier alpha value is -0.120. The van der Waals surface area contributed by atoms with Crippen LogP contribution in [0, 0.1) is 0 Å². The summed E-state index contributed by atoms with van der Waals surface area (Å²) in [6.07, 6.45) is 2.34. The van der Waals surface area contributed by atoms with E-state index in [0.29, 0.717) is 12.1 Å². The van der Waals surface area contributed by atoms with Gasteiger partial charge in [-0.05, 0) is 20.4 Å². The van der Waals surface area contributed by atoms with Gasteiger partial charge >= 0.3 is 0 Å². The number of rotatable bonds is 5. The van der Waals surface area contributed by atoms with Gasteiger partial charge in [0.25, 0.3) is 0 Å². The zero-order chi connectivity index (χ0) is 9.84. The van der Waals surface area contributed by atoms with Crippen LogP contribution in [0.5, 0.6) is 0 Å². The van der Waals surface area contributed by atoms with Crippen molar-refractivity contribution in [2.24, 2.45) is 0 Å². The maximum absolute atomic E-state index is 9.34. The van der Waals surface area contributed by atoms with Gasteiger partial charge in [0.05, 0.1) is 6.10 Å². The number of likely N-dealkylation sites (N-methyl/N-ethyl adjacent to an activating group) is 1. The first-order valence-electron chi connectivity index (χ1n) is 5.28. The minimum absolute atomic E-state index is 0.0980. The molecule has 0 aromatic heterocycles. The van der Waals surface area contributed by atoms with Crippen LogP contribution in [0.15, 0.2) is 0 Å². The van der Waals surface area contributed by atoms with E-state index in [0.717, 1.165) is 13.1 Å². The highest BCUT2D eigenvalue weighted by Gasteiger charge is 2.34. The van der Waals surface area contributed by atoms with Crippen molar-refractivity contribution in [3.8, 4) is 0 Å². The first kappa shape index (κ1) is 11.0. The standard InChI is InChI=1S/C10H22N2O/c1-4-5-9(11-3)6-12-7-10(13)8(12)2/h8-11,13H,4-7H2,1-3H3/t8-,9-,10-/m0/s1. The van der Waals surface area contributed by atoms with Crippen LogP contribution >= 0.6 is 0 Å². The molecule has 1 heterocycles. The van der Waals surface area contributed by atoms with Crippen molar-refractivity contribution in [3.63, 3.8) is 0 Å². The lowest BCUT2D eigenvalue weighted by Gasteiger charge is -2.45. The fourth-order valence-corrected chi connectivity index (χ4v) is 1.86. The van der Waals surface area contributed by atoms with Crippen LogP contribution in [-0.4, -0.2) is 48.3 Å². The first-order valence-corrected chi connectivity index (χ1v) is 5.28. The van der Waals surface area contributed by atoms with E-state index >= 15 is 0 Å². The van der Waals surface area contributed by atoms with Crippen LogP contribution in [-0.2, 0) is 0 Å². The predicted molar refractivity (Wildman–Crippen MR) is 54.8 cm³/mol. The zero-order valence-electron chi connectivity index (χ0n) is 8.95. The Morgan fingerprint density at radius 1 is 1.62 bits per heavy atom. The molecular formula is C10H22N2O. The van der Waals surface area contributed by atoms with Crippen LogP contribution in [0.3, 0.4) is 0 Å². The van der Waals surface area contributed by atoms with Crippen LogP contribution in [0.2, 0.25) is 0 Å². The largest absolute Gasteiger partial charge is 0.390 e. The molecule has 1 rings (SSSR count). The molecular weight excluding hydrogens is 164 g/mol. The monoisotopic (exact) mass is 186 g/mol. The van der Waals surface area contributed by atoms with Gasteiger partial charge in [-0.15, -0.1) is 0 Å². The second-order valence-corrected chi connectivity index (χ2v) is 4.04. The van der Waals surface area contributed by atoms with E-state index in [1.807, 2.05) is 7.05 Å². The number of hydrogen-bond donors (Lipinski definition) is 2. The van der Waals surface area contributed by atoms with Gasteiger partial charge < -0.3 is 10.4 Å². The molecule has 0 aliphatic carbocycles. The average molecular weight is 186 g/mol. The summed E-state index contributed by atoms with van der Waals surface area (Å²) in [6, 6.07) is 0.938. The van der Waals surface area contributed by atoms with Crippen molar-refractivity contribution in [2.45, 2.75) is 44.9 Å². The molecule has 0 bridgehead atoms. The molecule has 1 fully saturated rings. The molecule has 0 aromatic carbocycles. The lowest BCUT2D eigenvalue weighted by Crippen LogP contribution is -2.61. The second-order valence-electron chi connectivity index (χ2n) is 4.04. The predicted octanol–water partition coefficient (Wildman–Crippen LogP) is 0.439. The van der Waals surface area contributed by atoms with Gasteiger partial charge in [-0.2, -0.15) is 0 Å². The van der Waals surface area contributed by atoms with Crippen LogP contribution in [0.4, 0.5) is 0 Å². The third-order valence-electron chi connectivity index (χ3n) is 3.05. The first-order chi connectivity index (χ1) is 6.19. The SMILES string of the molecule is CCC[C@@H](CN1C[C@H](O)[C@@H]1C)NC. The molecule has 0 saturated carbocycles. The maximum Gasteiger partial charge on any atom is 0.0819 e. The van der Waals surface area contributed by atoms with Crippen molar-refractivity contribution in [2.75, 3.05) is 20.1 Å². The fourth-order valence-electron chi connectivity index (χ4n) is 1.86. The number of aliphatic hydroxyl groups excluding tert-OH is 1. The molecule has 2 N–H and O–H groups in total. The Morgan fingerprint density at radius 2 is 2.31 bits per heavy atom. The summed E-state index contributed by atoms with van der Waals surface area (Å²) in [6.45, 7) is 6.22. The van der Waals surface area contributed by atoms with E-state index in [2.05, 4.69) is 24.1 Å². The summed E-state index contributed by atoms with van der Waals surface area (Å²) >= 11 is 0. The summed E-state index contributed by atoms with van der Waals surface area (Å²) in [5.74, 6) is 0. The van der Waals surface area contributed by atoms with Gasteiger partial charge in [0.2, 0.25) is 0 Å². The molecule has 13 heavy (non-hydrogen) atoms. The molecule has 1 aliphatic heterocycles. The lowest BCUT2D eigenvalue weighted by atomic mass is 9.99. The minimum atomic E-state index is -0.0980. The Kier molecular flexibility index (Phi) is 4.16. The maximum atomic E-state index is 9.34. The highest BCUT2D eigenvalue weighted by atomic mass is 16.3. The molecule has 0 aromatic rings. The van der Waals surface area contributed by atoms with Crippen molar-refractivity contribution < 1.29 is 5.11 Å². The smallest absolute Gasteiger partial charge is 0.0819 e. The van der Waals surface area contributed by atoms with Crippen molar-refractivity contribution in [1.82, 2.24) is 10.2 Å². The minimum Gasteiger partial charge on any atom is -0.390 e. The number of β-amino-alcohol motifs (C(OH)–C–C–N with tert-alkyl or cyclic N) is 1. The van der Waals surface area contributed by atoms with E-state index in [1.54, 1.807) is 0 Å². The Morgan fingerprint density at radius 3 is 2.69 bits per heavy atom. The van der Waals surface area contributed by atoms with Gasteiger partial charge in [0, 0.05) is 25.2 Å². The van der Waals surface area contributed by atoms with Gasteiger partial charge in [0.1, 0.15) is 0 Å². The second kappa shape index (κ2) is 4.94. The normalized spacial score (nSPS) is 31.4. The molecule has 1 aliphatic rings. The molecule has 78 valence electrons. The number of hydrogen-bond acceptors (Lipinski definition) is 3. The Balaban J connectivity index is 2.23. The average Bonchev–Trinajstić information content (AvgIpc) is 2.15. The third-order valence-corrected chi connectivity index (χ3v) is 3.05. The van der Waals surface area contributed by atoms with E-state index in [4.69, 9.17) is 0 Å². The number of nitrogens with one attached hydrogen (secondary N) is 1. The summed E-state index contributed by atoms with van der Waals surface area (Å²) in [7, 11) is 2.02. The van der Waals surface area contributed by atoms with Crippen molar-refractivity contribution in [1.29, 1.82) is 0 Å². The zero-order valence-corrected chi connectivity index (χ0v) is 8.95. The number of aliphatic hydroxyl groups is 1. The van der Waals surface area contributed by atoms with Gasteiger partial charge in [0.15, 0.2) is 0 Å². The van der Waals surface area contributed by atoms with Crippen LogP contribution in [0.25, 0.3) is 0 Å². The summed E-state index contributed by atoms with van der Waals surface area (Å²) in [4.78, 5) is 2.33. The van der Waals surface area contributed by atoms with E-state index in [1.165, 1.54) is 12.8 Å². The fraction of sp³-hybridized carbons (Fsp3) is 1.00. The molecule has 0 spiro atoms. The quantitative estimate of drug-likeness (QED) is 0.654.